The number of esters is 1. The number of alkyl halides is 3. The number of halogens is 3. The van der Waals surface area contributed by atoms with Crippen LogP contribution >= 0.6 is 0 Å². The Bertz CT molecular complexity index is 631. The van der Waals surface area contributed by atoms with Crippen LogP contribution in [0.2, 0.25) is 0 Å². The second-order valence-electron chi connectivity index (χ2n) is 6.62. The van der Waals surface area contributed by atoms with Crippen LogP contribution in [-0.4, -0.2) is 37.0 Å². The van der Waals surface area contributed by atoms with E-state index in [9.17, 15) is 22.8 Å². The quantitative estimate of drug-likeness (QED) is 0.714. The maximum Gasteiger partial charge on any atom is 0.416 e. The molecule has 0 unspecified atom stereocenters. The molecule has 0 spiro atoms. The summed E-state index contributed by atoms with van der Waals surface area (Å²) in [6.45, 7) is 1.17. The Labute approximate surface area is 151 Å². The number of methoxy groups -OCH3 is 1. The molecule has 7 heteroatoms. The maximum atomic E-state index is 13.1. The third-order valence-corrected chi connectivity index (χ3v) is 4.79. The molecule has 1 saturated heterocycles. The number of piperidine rings is 1. The minimum atomic E-state index is -4.35. The van der Waals surface area contributed by atoms with Crippen LogP contribution in [0.15, 0.2) is 24.3 Å². The second-order valence-corrected chi connectivity index (χ2v) is 6.62. The van der Waals surface area contributed by atoms with Crippen LogP contribution in [-0.2, 0) is 26.9 Å². The van der Waals surface area contributed by atoms with E-state index in [0.717, 1.165) is 18.9 Å². The number of hydrogen-bond donors (Lipinski definition) is 0. The lowest BCUT2D eigenvalue weighted by Crippen LogP contribution is -2.40. The Morgan fingerprint density at radius 1 is 1.23 bits per heavy atom. The molecule has 0 aliphatic carbocycles. The summed E-state index contributed by atoms with van der Waals surface area (Å²) in [5, 5.41) is 0. The van der Waals surface area contributed by atoms with E-state index in [4.69, 9.17) is 0 Å². The molecule has 1 aromatic rings. The number of ether oxygens (including phenoxy) is 1. The first-order chi connectivity index (χ1) is 12.3. The van der Waals surface area contributed by atoms with E-state index in [1.165, 1.54) is 19.2 Å². The van der Waals surface area contributed by atoms with Crippen molar-refractivity contribution in [2.75, 3.05) is 20.2 Å². The van der Waals surface area contributed by atoms with Gasteiger partial charge >= 0.3 is 12.1 Å². The van der Waals surface area contributed by atoms with Gasteiger partial charge in [-0.25, -0.2) is 0 Å². The van der Waals surface area contributed by atoms with Gasteiger partial charge in [0.2, 0.25) is 5.91 Å². The van der Waals surface area contributed by atoms with Gasteiger partial charge in [-0.05, 0) is 43.2 Å². The highest BCUT2D eigenvalue weighted by molar-refractivity contribution is 5.81. The van der Waals surface area contributed by atoms with Crippen LogP contribution in [0.25, 0.3) is 0 Å². The summed E-state index contributed by atoms with van der Waals surface area (Å²) >= 11 is 0. The molecule has 0 aromatic heterocycles. The summed E-state index contributed by atoms with van der Waals surface area (Å²) < 4.78 is 43.7. The van der Waals surface area contributed by atoms with Crippen molar-refractivity contribution in [3.8, 4) is 0 Å². The smallest absolute Gasteiger partial charge is 0.416 e. The molecule has 26 heavy (non-hydrogen) atoms. The van der Waals surface area contributed by atoms with Crippen LogP contribution in [0.1, 0.15) is 43.2 Å². The first-order valence-corrected chi connectivity index (χ1v) is 8.81. The van der Waals surface area contributed by atoms with E-state index in [0.29, 0.717) is 31.5 Å². The molecule has 0 saturated carbocycles. The zero-order valence-electron chi connectivity index (χ0n) is 14.8. The zero-order chi connectivity index (χ0) is 19.2. The number of carbonyl (C=O) groups excluding carboxylic acids is 2. The van der Waals surface area contributed by atoms with Gasteiger partial charge in [-0.1, -0.05) is 18.2 Å². The summed E-state index contributed by atoms with van der Waals surface area (Å²) in [4.78, 5) is 25.1. The predicted octanol–water partition coefficient (Wildman–Crippen LogP) is 3.83. The average molecular weight is 371 g/mol. The van der Waals surface area contributed by atoms with Crippen molar-refractivity contribution in [3.63, 3.8) is 0 Å². The van der Waals surface area contributed by atoms with Crippen molar-refractivity contribution in [2.24, 2.45) is 5.92 Å². The van der Waals surface area contributed by atoms with Gasteiger partial charge in [0.15, 0.2) is 0 Å². The molecule has 2 rings (SSSR count). The summed E-state index contributed by atoms with van der Waals surface area (Å²) in [5.41, 5.74) is -0.282. The zero-order valence-corrected chi connectivity index (χ0v) is 14.8. The highest BCUT2D eigenvalue weighted by Crippen LogP contribution is 2.33. The van der Waals surface area contributed by atoms with E-state index in [-0.39, 0.29) is 24.7 Å². The van der Waals surface area contributed by atoms with Crippen LogP contribution in [0, 0.1) is 5.92 Å². The van der Waals surface area contributed by atoms with Gasteiger partial charge in [-0.3, -0.25) is 9.59 Å². The molecular formula is C19H24F3NO3. The number of aryl methyl sites for hydroxylation is 1. The van der Waals surface area contributed by atoms with E-state index >= 15 is 0 Å². The lowest BCUT2D eigenvalue weighted by molar-refractivity contribution is -0.144. The minimum Gasteiger partial charge on any atom is -0.469 e. The summed E-state index contributed by atoms with van der Waals surface area (Å²) in [5.74, 6) is -0.349. The molecule has 0 radical (unpaired) electrons. The third kappa shape index (κ3) is 5.75. The number of likely N-dealkylation sites (tertiary alicyclic amines) is 1. The van der Waals surface area contributed by atoms with Crippen LogP contribution in [0.4, 0.5) is 13.2 Å². The summed E-state index contributed by atoms with van der Waals surface area (Å²) in [6, 6.07) is 5.65. The normalized spacial score (nSPS) is 17.8. The number of amides is 1. The first kappa shape index (κ1) is 20.3. The number of nitrogens with zero attached hydrogens (tertiary/aromatic N) is 1. The van der Waals surface area contributed by atoms with Gasteiger partial charge in [-0.2, -0.15) is 13.2 Å². The molecular weight excluding hydrogens is 347 g/mol. The van der Waals surface area contributed by atoms with E-state index in [1.54, 1.807) is 11.0 Å². The molecule has 1 aliphatic heterocycles. The Kier molecular flexibility index (Phi) is 7.06. The van der Waals surface area contributed by atoms with Gasteiger partial charge in [0, 0.05) is 19.5 Å². The fourth-order valence-corrected chi connectivity index (χ4v) is 3.37. The van der Waals surface area contributed by atoms with E-state index < -0.39 is 17.7 Å². The van der Waals surface area contributed by atoms with Crippen LogP contribution < -0.4 is 0 Å². The maximum absolute atomic E-state index is 13.1. The highest BCUT2D eigenvalue weighted by atomic mass is 19.4. The fraction of sp³-hybridized carbons (Fsp3) is 0.579. The molecule has 144 valence electrons. The molecule has 1 amide bonds. The third-order valence-electron chi connectivity index (χ3n) is 4.79. The van der Waals surface area contributed by atoms with Gasteiger partial charge in [0.25, 0.3) is 0 Å². The van der Waals surface area contributed by atoms with Crippen molar-refractivity contribution in [3.05, 3.63) is 35.4 Å². The standard InChI is InChI=1S/C19H24F3NO3/c1-26-18(25)11-10-17(24)23-12-4-5-14(13-23)8-9-15-6-2-3-7-16(15)19(20,21)22/h2-3,6-7,14H,4-5,8-13H2,1H3/t14-/m0/s1. The number of hydrogen-bond acceptors (Lipinski definition) is 3. The first-order valence-electron chi connectivity index (χ1n) is 8.81. The van der Waals surface area contributed by atoms with Gasteiger partial charge < -0.3 is 9.64 Å². The molecule has 0 bridgehead atoms. The minimum absolute atomic E-state index is 0.0510. The van der Waals surface area contributed by atoms with Crippen molar-refractivity contribution < 1.29 is 27.5 Å². The lowest BCUT2D eigenvalue weighted by atomic mass is 9.90. The van der Waals surface area contributed by atoms with E-state index in [1.807, 2.05) is 0 Å². The fourth-order valence-electron chi connectivity index (χ4n) is 3.37. The second kappa shape index (κ2) is 9.05. The van der Waals surface area contributed by atoms with Gasteiger partial charge in [0.05, 0.1) is 19.1 Å². The number of rotatable bonds is 6. The SMILES string of the molecule is COC(=O)CCC(=O)N1CCC[C@@H](CCc2ccccc2C(F)(F)F)C1. The monoisotopic (exact) mass is 371 g/mol. The Morgan fingerprint density at radius 3 is 2.65 bits per heavy atom. The van der Waals surface area contributed by atoms with Crippen molar-refractivity contribution in [2.45, 2.75) is 44.7 Å². The van der Waals surface area contributed by atoms with Crippen LogP contribution in [0.3, 0.4) is 0 Å². The van der Waals surface area contributed by atoms with Crippen molar-refractivity contribution >= 4 is 11.9 Å². The molecule has 1 aromatic carbocycles. The lowest BCUT2D eigenvalue weighted by Gasteiger charge is -2.33. The Hall–Kier alpha value is -2.05. The number of benzene rings is 1. The van der Waals surface area contributed by atoms with Crippen LogP contribution in [0.5, 0.6) is 0 Å². The highest BCUT2D eigenvalue weighted by Gasteiger charge is 2.33. The Morgan fingerprint density at radius 2 is 1.96 bits per heavy atom. The molecule has 1 atom stereocenters. The molecule has 4 nitrogen and oxygen atoms in total. The Balaban J connectivity index is 1.89. The molecule has 1 fully saturated rings. The predicted molar refractivity (Wildman–Crippen MR) is 90.3 cm³/mol. The van der Waals surface area contributed by atoms with Gasteiger partial charge in [0.1, 0.15) is 0 Å². The summed E-state index contributed by atoms with van der Waals surface area (Å²) in [6.07, 6.45) is -1.52. The largest absolute Gasteiger partial charge is 0.469 e. The van der Waals surface area contributed by atoms with Crippen molar-refractivity contribution in [1.29, 1.82) is 0 Å². The molecule has 1 aliphatic rings. The van der Waals surface area contributed by atoms with Crippen molar-refractivity contribution in [1.82, 2.24) is 4.90 Å². The number of carbonyl (C=O) groups is 2. The molecule has 0 N–H and O–H groups in total. The van der Waals surface area contributed by atoms with E-state index in [2.05, 4.69) is 4.74 Å². The van der Waals surface area contributed by atoms with Gasteiger partial charge in [-0.15, -0.1) is 0 Å². The summed E-state index contributed by atoms with van der Waals surface area (Å²) in [7, 11) is 1.28. The average Bonchev–Trinajstić information content (AvgIpc) is 2.63. The topological polar surface area (TPSA) is 46.6 Å². The molecule has 1 heterocycles.